The second kappa shape index (κ2) is 9.82. The average molecular weight is 277 g/mol. The van der Waals surface area contributed by atoms with Crippen LogP contribution in [0.5, 0.6) is 5.75 Å². The third kappa shape index (κ3) is 5.96. The molecule has 0 aromatic heterocycles. The van der Waals surface area contributed by atoms with Crippen molar-refractivity contribution in [3.05, 3.63) is 29.8 Å². The van der Waals surface area contributed by atoms with Crippen molar-refractivity contribution in [1.82, 2.24) is 5.32 Å². The van der Waals surface area contributed by atoms with E-state index in [0.29, 0.717) is 12.0 Å². The lowest BCUT2D eigenvalue weighted by atomic mass is 9.99. The van der Waals surface area contributed by atoms with Gasteiger partial charge in [-0.05, 0) is 55.8 Å². The van der Waals surface area contributed by atoms with Crippen molar-refractivity contribution in [2.45, 2.75) is 65.3 Å². The maximum atomic E-state index is 5.82. The van der Waals surface area contributed by atoms with E-state index in [-0.39, 0.29) is 0 Å². The van der Waals surface area contributed by atoms with Crippen LogP contribution in [0.4, 0.5) is 0 Å². The molecule has 1 N–H and O–H groups in total. The largest absolute Gasteiger partial charge is 0.494 e. The summed E-state index contributed by atoms with van der Waals surface area (Å²) in [7, 11) is 0. The summed E-state index contributed by atoms with van der Waals surface area (Å²) >= 11 is 0. The van der Waals surface area contributed by atoms with Crippen LogP contribution in [0.2, 0.25) is 0 Å². The van der Waals surface area contributed by atoms with E-state index < -0.39 is 0 Å². The van der Waals surface area contributed by atoms with E-state index in [1.807, 2.05) is 0 Å². The quantitative estimate of drug-likeness (QED) is 0.623. The zero-order valence-electron chi connectivity index (χ0n) is 13.6. The van der Waals surface area contributed by atoms with Gasteiger partial charge in [0.1, 0.15) is 5.75 Å². The predicted molar refractivity (Wildman–Crippen MR) is 87.6 cm³/mol. The minimum atomic E-state index is 0.634. The zero-order chi connectivity index (χ0) is 14.8. The molecule has 0 heterocycles. The van der Waals surface area contributed by atoms with Gasteiger partial charge in [0.05, 0.1) is 6.61 Å². The van der Waals surface area contributed by atoms with Crippen LogP contribution in [0, 0.1) is 0 Å². The first-order chi connectivity index (χ1) is 9.71. The molecule has 0 amide bonds. The zero-order valence-corrected chi connectivity index (χ0v) is 13.6. The second-order valence-corrected chi connectivity index (χ2v) is 5.53. The number of hydrogen-bond acceptors (Lipinski definition) is 2. The molecule has 0 aliphatic rings. The van der Waals surface area contributed by atoms with Crippen molar-refractivity contribution in [3.63, 3.8) is 0 Å². The van der Waals surface area contributed by atoms with Gasteiger partial charge in [-0.1, -0.05) is 39.8 Å². The second-order valence-electron chi connectivity index (χ2n) is 5.53. The smallest absolute Gasteiger partial charge is 0.119 e. The summed E-state index contributed by atoms with van der Waals surface area (Å²) in [6.45, 7) is 10.8. The number of benzene rings is 1. The third-order valence-corrected chi connectivity index (χ3v) is 4.01. The van der Waals surface area contributed by atoms with E-state index in [1.165, 1.54) is 24.8 Å². The first-order valence-corrected chi connectivity index (χ1v) is 8.17. The van der Waals surface area contributed by atoms with Crippen LogP contribution in [0.3, 0.4) is 0 Å². The Balaban J connectivity index is 2.28. The van der Waals surface area contributed by atoms with Gasteiger partial charge in [-0.25, -0.2) is 0 Å². The molecule has 2 unspecified atom stereocenters. The lowest BCUT2D eigenvalue weighted by molar-refractivity contribution is 0.295. The Kier molecular flexibility index (Phi) is 8.36. The van der Waals surface area contributed by atoms with Gasteiger partial charge in [0.2, 0.25) is 0 Å². The molecule has 2 nitrogen and oxygen atoms in total. The SMILES string of the molecule is CCNC(CC)CCCOc1ccc(C(C)CC)cc1. The molecule has 1 aromatic carbocycles. The summed E-state index contributed by atoms with van der Waals surface area (Å²) in [4.78, 5) is 0. The number of hydrogen-bond donors (Lipinski definition) is 1. The van der Waals surface area contributed by atoms with Crippen molar-refractivity contribution in [2.24, 2.45) is 0 Å². The van der Waals surface area contributed by atoms with E-state index in [1.54, 1.807) is 0 Å². The van der Waals surface area contributed by atoms with E-state index in [4.69, 9.17) is 4.74 Å². The van der Waals surface area contributed by atoms with Gasteiger partial charge in [-0.15, -0.1) is 0 Å². The number of nitrogens with one attached hydrogen (secondary N) is 1. The van der Waals surface area contributed by atoms with Crippen LogP contribution in [-0.2, 0) is 0 Å². The van der Waals surface area contributed by atoms with Crippen molar-refractivity contribution in [1.29, 1.82) is 0 Å². The standard InChI is InChI=1S/C18H31NO/c1-5-15(4)16-10-12-18(13-11-16)20-14-8-9-17(6-2)19-7-3/h10-13,15,17,19H,5-9,14H2,1-4H3. The molecule has 0 radical (unpaired) electrons. The Bertz CT molecular complexity index is 347. The van der Waals surface area contributed by atoms with E-state index in [2.05, 4.69) is 57.3 Å². The Morgan fingerprint density at radius 3 is 2.30 bits per heavy atom. The summed E-state index contributed by atoms with van der Waals surface area (Å²) in [5, 5.41) is 3.50. The number of rotatable bonds is 10. The Morgan fingerprint density at radius 1 is 1.05 bits per heavy atom. The van der Waals surface area contributed by atoms with Crippen molar-refractivity contribution < 1.29 is 4.74 Å². The first kappa shape index (κ1) is 17.0. The molecule has 1 aromatic rings. The molecule has 0 aliphatic heterocycles. The molecule has 114 valence electrons. The lowest BCUT2D eigenvalue weighted by Gasteiger charge is -2.16. The topological polar surface area (TPSA) is 21.3 Å². The monoisotopic (exact) mass is 277 g/mol. The lowest BCUT2D eigenvalue weighted by Crippen LogP contribution is -2.28. The van der Waals surface area contributed by atoms with Gasteiger partial charge < -0.3 is 10.1 Å². The van der Waals surface area contributed by atoms with E-state index in [9.17, 15) is 0 Å². The Labute approximate surface area is 124 Å². The summed E-state index contributed by atoms with van der Waals surface area (Å²) < 4.78 is 5.82. The van der Waals surface area contributed by atoms with Crippen LogP contribution in [0.1, 0.15) is 64.9 Å². The van der Waals surface area contributed by atoms with Crippen molar-refractivity contribution in [2.75, 3.05) is 13.2 Å². The van der Waals surface area contributed by atoms with Gasteiger partial charge >= 0.3 is 0 Å². The maximum Gasteiger partial charge on any atom is 0.119 e. The molecule has 20 heavy (non-hydrogen) atoms. The highest BCUT2D eigenvalue weighted by atomic mass is 16.5. The highest BCUT2D eigenvalue weighted by molar-refractivity contribution is 5.29. The van der Waals surface area contributed by atoms with E-state index >= 15 is 0 Å². The van der Waals surface area contributed by atoms with E-state index in [0.717, 1.165) is 25.3 Å². The summed E-state index contributed by atoms with van der Waals surface area (Å²) in [6.07, 6.45) is 4.67. The fraction of sp³-hybridized carbons (Fsp3) is 0.667. The molecular weight excluding hydrogens is 246 g/mol. The molecule has 1 rings (SSSR count). The summed E-state index contributed by atoms with van der Waals surface area (Å²) in [5.74, 6) is 1.63. The fourth-order valence-corrected chi connectivity index (χ4v) is 2.39. The highest BCUT2D eigenvalue weighted by Crippen LogP contribution is 2.21. The molecule has 0 bridgehead atoms. The molecular formula is C18H31NO. The normalized spacial score (nSPS) is 14.0. The van der Waals surface area contributed by atoms with Crippen LogP contribution in [0.15, 0.2) is 24.3 Å². The first-order valence-electron chi connectivity index (χ1n) is 8.17. The van der Waals surface area contributed by atoms with Gasteiger partial charge in [0, 0.05) is 6.04 Å². The van der Waals surface area contributed by atoms with Crippen LogP contribution in [-0.4, -0.2) is 19.2 Å². The molecule has 2 heteroatoms. The molecule has 0 aliphatic carbocycles. The van der Waals surface area contributed by atoms with Gasteiger partial charge in [-0.2, -0.15) is 0 Å². The van der Waals surface area contributed by atoms with Gasteiger partial charge in [-0.3, -0.25) is 0 Å². The van der Waals surface area contributed by atoms with Crippen LogP contribution < -0.4 is 10.1 Å². The average Bonchev–Trinajstić information content (AvgIpc) is 2.50. The van der Waals surface area contributed by atoms with Crippen molar-refractivity contribution in [3.8, 4) is 5.75 Å². The maximum absolute atomic E-state index is 5.82. The minimum Gasteiger partial charge on any atom is -0.494 e. The molecule has 0 spiro atoms. The third-order valence-electron chi connectivity index (χ3n) is 4.01. The molecule has 0 saturated carbocycles. The van der Waals surface area contributed by atoms with Crippen LogP contribution >= 0.6 is 0 Å². The summed E-state index contributed by atoms with van der Waals surface area (Å²) in [5.41, 5.74) is 1.40. The highest BCUT2D eigenvalue weighted by Gasteiger charge is 2.05. The summed E-state index contributed by atoms with van der Waals surface area (Å²) in [6, 6.07) is 9.22. The molecule has 0 fully saturated rings. The van der Waals surface area contributed by atoms with Gasteiger partial charge in [0.15, 0.2) is 0 Å². The number of ether oxygens (including phenoxy) is 1. The fourth-order valence-electron chi connectivity index (χ4n) is 2.39. The Hall–Kier alpha value is -1.02. The Morgan fingerprint density at radius 2 is 1.75 bits per heavy atom. The van der Waals surface area contributed by atoms with Crippen molar-refractivity contribution >= 4 is 0 Å². The van der Waals surface area contributed by atoms with Gasteiger partial charge in [0.25, 0.3) is 0 Å². The predicted octanol–water partition coefficient (Wildman–Crippen LogP) is 4.75. The van der Waals surface area contributed by atoms with Crippen LogP contribution in [0.25, 0.3) is 0 Å². The minimum absolute atomic E-state index is 0.634. The molecule has 2 atom stereocenters. The molecule has 0 saturated heterocycles.